The van der Waals surface area contributed by atoms with Crippen molar-refractivity contribution in [2.75, 3.05) is 0 Å². The molecule has 0 unspecified atom stereocenters. The number of rotatable bonds is 5. The van der Waals surface area contributed by atoms with E-state index in [0.717, 1.165) is 42.7 Å². The minimum absolute atomic E-state index is 0.0641. The van der Waals surface area contributed by atoms with Crippen LogP contribution in [-0.2, 0) is 48.3 Å². The predicted molar refractivity (Wildman–Crippen MR) is 83.0 cm³/mol. The summed E-state index contributed by atoms with van der Waals surface area (Å²) in [6.07, 6.45) is 4.68. The second kappa shape index (κ2) is 12.1. The number of nitriles is 1. The fraction of sp³-hybridized carbons (Fsp3) is 0.429. The maximum atomic E-state index is 11.6. The molecule has 0 atom stereocenters. The van der Waals surface area contributed by atoms with E-state index >= 15 is 0 Å². The summed E-state index contributed by atoms with van der Waals surface area (Å²) in [7, 11) is 0. The zero-order chi connectivity index (χ0) is 17.1. The number of carbonyl (C=O) groups is 2. The summed E-state index contributed by atoms with van der Waals surface area (Å²) in [6, 6.07) is 2.07. The Bertz CT molecular complexity index is 549. The number of hydrogen-bond acceptors (Lipinski definition) is 5. The fourth-order valence-corrected chi connectivity index (χ4v) is 3.28. The Morgan fingerprint density at radius 1 is 1.36 bits per heavy atom. The molecule has 0 amide bonds. The van der Waals surface area contributed by atoms with Gasteiger partial charge in [-0.1, -0.05) is 13.8 Å². The Labute approximate surface area is 160 Å². The first kappa shape index (κ1) is 21.6. The number of carbonyl (C=O) groups excluding carboxylic acids is 2. The van der Waals surface area contributed by atoms with Gasteiger partial charge in [-0.15, -0.1) is 0 Å². The van der Waals surface area contributed by atoms with E-state index in [9.17, 15) is 9.59 Å². The van der Waals surface area contributed by atoms with Crippen molar-refractivity contribution in [3.8, 4) is 6.07 Å². The van der Waals surface area contributed by atoms with Gasteiger partial charge in [0.05, 0.1) is 0 Å². The average molecular weight is 706 g/mol. The Balaban J connectivity index is 0.00000211. The molecular weight excluding hydrogens is 690 g/mol. The molecule has 0 spiro atoms. The summed E-state index contributed by atoms with van der Waals surface area (Å²) >= 11 is 5.52. The van der Waals surface area contributed by atoms with Crippen LogP contribution in [-0.4, -0.2) is 25.7 Å². The van der Waals surface area contributed by atoms with Crippen LogP contribution in [0.15, 0.2) is 15.7 Å². The van der Waals surface area contributed by atoms with Crippen molar-refractivity contribution in [3.05, 3.63) is 10.6 Å². The van der Waals surface area contributed by atoms with Crippen molar-refractivity contribution in [3.63, 3.8) is 0 Å². The van der Waals surface area contributed by atoms with E-state index in [2.05, 4.69) is 32.5 Å². The number of Topliss-reactive ketones (excluding diaryl/α,β-unsaturated/α-hetero) is 2. The fourth-order valence-electron chi connectivity index (χ4n) is 1.54. The SMILES string of the molecule is CC.N#C[C](=[W])/C(Br)=C\[C](=[W])N/N=C/C1C(=O)CCCC1=O. The van der Waals surface area contributed by atoms with Crippen molar-refractivity contribution in [2.45, 2.75) is 33.1 Å². The van der Waals surface area contributed by atoms with Crippen LogP contribution >= 0.6 is 15.9 Å². The van der Waals surface area contributed by atoms with Gasteiger partial charge in [0.25, 0.3) is 0 Å². The maximum absolute atomic E-state index is 11.6. The number of ketones is 2. The van der Waals surface area contributed by atoms with Gasteiger partial charge in [-0.3, -0.25) is 0 Å². The van der Waals surface area contributed by atoms with Gasteiger partial charge in [-0.2, -0.15) is 0 Å². The van der Waals surface area contributed by atoms with Gasteiger partial charge in [-0.05, 0) is 0 Å². The van der Waals surface area contributed by atoms with Crippen LogP contribution in [0.4, 0.5) is 0 Å². The molecule has 0 aromatic carbocycles. The molecule has 5 nitrogen and oxygen atoms in total. The Hall–Kier alpha value is -0.363. The van der Waals surface area contributed by atoms with Gasteiger partial charge in [-0.25, -0.2) is 0 Å². The summed E-state index contributed by atoms with van der Waals surface area (Å²) in [4.78, 5) is 23.2. The quantitative estimate of drug-likeness (QED) is 0.269. The molecule has 22 heavy (non-hydrogen) atoms. The molecule has 0 aromatic rings. The molecule has 8 heteroatoms. The van der Waals surface area contributed by atoms with E-state index in [1.54, 1.807) is 6.08 Å². The van der Waals surface area contributed by atoms with Gasteiger partial charge in [0, 0.05) is 0 Å². The molecule has 1 aliphatic rings. The van der Waals surface area contributed by atoms with Crippen LogP contribution in [0.25, 0.3) is 0 Å². The zero-order valence-corrected chi connectivity index (χ0v) is 19.7. The third kappa shape index (κ3) is 7.77. The van der Waals surface area contributed by atoms with Gasteiger partial charge in [0.1, 0.15) is 0 Å². The predicted octanol–water partition coefficient (Wildman–Crippen LogP) is 1.72. The number of hydrogen-bond donors (Lipinski definition) is 1. The standard InChI is InChI=1S/C12H10BrN3O2.C2H6.2W/c13-9(4-6-14)5-7-15-16-8-10-11(17)2-1-3-12(10)18;1-2;;/h5,8,10,15H,1-3H2;1-2H3;;/b9-5+,16-8+;;;. The normalized spacial score (nSPS) is 15.8. The summed E-state index contributed by atoms with van der Waals surface area (Å²) in [5.41, 5.74) is 2.78. The van der Waals surface area contributed by atoms with Crippen LogP contribution < -0.4 is 5.43 Å². The van der Waals surface area contributed by atoms with E-state index in [-0.39, 0.29) is 11.6 Å². The molecule has 0 aromatic heterocycles. The van der Waals surface area contributed by atoms with Crippen molar-refractivity contribution in [1.29, 1.82) is 5.26 Å². The number of hydrazone groups is 1. The first-order chi connectivity index (χ1) is 10.5. The summed E-state index contributed by atoms with van der Waals surface area (Å²) in [6.45, 7) is 4.00. The number of halogens is 1. The Morgan fingerprint density at radius 3 is 2.41 bits per heavy atom. The van der Waals surface area contributed by atoms with Crippen molar-refractivity contribution in [1.82, 2.24) is 5.43 Å². The minimum atomic E-state index is -0.705. The molecule has 0 saturated heterocycles. The van der Waals surface area contributed by atoms with Gasteiger partial charge < -0.3 is 0 Å². The molecule has 1 N–H and O–H groups in total. The van der Waals surface area contributed by atoms with E-state index in [4.69, 9.17) is 5.26 Å². The van der Waals surface area contributed by atoms with Crippen LogP contribution in [0.1, 0.15) is 33.1 Å². The molecule has 118 valence electrons. The van der Waals surface area contributed by atoms with Crippen molar-refractivity contribution < 1.29 is 48.3 Å². The Kier molecular flexibility index (Phi) is 11.9. The van der Waals surface area contributed by atoms with E-state index in [1.807, 2.05) is 13.8 Å². The van der Waals surface area contributed by atoms with Crippen LogP contribution in [0.2, 0.25) is 0 Å². The second-order valence-electron chi connectivity index (χ2n) is 3.95. The molecule has 1 saturated carbocycles. The molecule has 0 aliphatic heterocycles. The first-order valence-electron chi connectivity index (χ1n) is 6.66. The van der Waals surface area contributed by atoms with Crippen LogP contribution in [0.5, 0.6) is 0 Å². The topological polar surface area (TPSA) is 82.3 Å². The summed E-state index contributed by atoms with van der Waals surface area (Å²) in [5.74, 6) is -0.833. The summed E-state index contributed by atoms with van der Waals surface area (Å²) < 4.78 is 2.15. The second-order valence-corrected chi connectivity index (χ2v) is 7.85. The van der Waals surface area contributed by atoms with E-state index < -0.39 is 5.92 Å². The Morgan fingerprint density at radius 2 is 1.91 bits per heavy atom. The molecule has 1 aliphatic carbocycles. The van der Waals surface area contributed by atoms with E-state index in [1.165, 1.54) is 6.21 Å². The van der Waals surface area contributed by atoms with Gasteiger partial charge >= 0.3 is 148 Å². The van der Waals surface area contributed by atoms with Gasteiger partial charge in [0.15, 0.2) is 0 Å². The number of nitrogens with one attached hydrogen (secondary N) is 1. The molecule has 0 bridgehead atoms. The van der Waals surface area contributed by atoms with E-state index in [0.29, 0.717) is 27.6 Å². The van der Waals surface area contributed by atoms with Gasteiger partial charge in [0.2, 0.25) is 0 Å². The monoisotopic (exact) mass is 705 g/mol. The van der Waals surface area contributed by atoms with Crippen LogP contribution in [0, 0.1) is 17.2 Å². The van der Waals surface area contributed by atoms with Crippen LogP contribution in [0.3, 0.4) is 0 Å². The third-order valence-corrected chi connectivity index (χ3v) is 6.05. The first-order valence-corrected chi connectivity index (χ1v) is 10.4. The number of nitrogens with zero attached hydrogens (tertiary/aromatic N) is 2. The molecule has 1 rings (SSSR count). The summed E-state index contributed by atoms with van der Waals surface area (Å²) in [5, 5.41) is 12.7. The average Bonchev–Trinajstić information content (AvgIpc) is 2.51. The molecule has 0 radical (unpaired) electrons. The van der Waals surface area contributed by atoms with Crippen molar-refractivity contribution >= 4 is 41.6 Å². The molecular formula is C14H16BrN3O2W2. The number of allylic oxidation sites excluding steroid dienone is 1. The third-order valence-electron chi connectivity index (χ3n) is 2.51. The molecule has 1 fully saturated rings. The zero-order valence-electron chi connectivity index (χ0n) is 12.3. The molecule has 0 heterocycles. The van der Waals surface area contributed by atoms with Crippen molar-refractivity contribution in [2.24, 2.45) is 11.0 Å².